The Morgan fingerprint density at radius 1 is 1.12 bits per heavy atom. The normalized spacial score (nSPS) is 11.8. The SMILES string of the molecule is CSc1ccc(C(F)(F)F)cc1-n1cccc1. The first-order valence-corrected chi connectivity index (χ1v) is 6.13. The lowest BCUT2D eigenvalue weighted by molar-refractivity contribution is -0.137. The average Bonchev–Trinajstić information content (AvgIpc) is 2.80. The molecular weight excluding hydrogens is 247 g/mol. The smallest absolute Gasteiger partial charge is 0.323 e. The van der Waals surface area contributed by atoms with Gasteiger partial charge in [0, 0.05) is 17.3 Å². The van der Waals surface area contributed by atoms with Gasteiger partial charge in [-0.2, -0.15) is 13.2 Å². The van der Waals surface area contributed by atoms with Crippen molar-refractivity contribution in [3.8, 4) is 5.69 Å². The van der Waals surface area contributed by atoms with Crippen LogP contribution in [0.3, 0.4) is 0 Å². The minimum absolute atomic E-state index is 0.553. The van der Waals surface area contributed by atoms with Crippen LogP contribution < -0.4 is 0 Å². The van der Waals surface area contributed by atoms with Crippen molar-refractivity contribution in [3.63, 3.8) is 0 Å². The van der Waals surface area contributed by atoms with Gasteiger partial charge in [-0.3, -0.25) is 0 Å². The molecule has 0 bridgehead atoms. The van der Waals surface area contributed by atoms with E-state index in [2.05, 4.69) is 0 Å². The van der Waals surface area contributed by atoms with Crippen molar-refractivity contribution in [2.75, 3.05) is 6.26 Å². The topological polar surface area (TPSA) is 4.93 Å². The van der Waals surface area contributed by atoms with E-state index in [1.807, 2.05) is 6.26 Å². The molecule has 0 aliphatic rings. The van der Waals surface area contributed by atoms with E-state index in [1.165, 1.54) is 23.9 Å². The highest BCUT2D eigenvalue weighted by Gasteiger charge is 2.31. The average molecular weight is 257 g/mol. The summed E-state index contributed by atoms with van der Waals surface area (Å²) in [6.07, 6.45) is 0.999. The van der Waals surface area contributed by atoms with Gasteiger partial charge in [0.2, 0.25) is 0 Å². The summed E-state index contributed by atoms with van der Waals surface area (Å²) in [6.45, 7) is 0. The van der Waals surface area contributed by atoms with E-state index >= 15 is 0 Å². The molecule has 90 valence electrons. The zero-order chi connectivity index (χ0) is 12.5. The van der Waals surface area contributed by atoms with Crippen molar-refractivity contribution < 1.29 is 13.2 Å². The molecule has 0 saturated carbocycles. The standard InChI is InChI=1S/C12H10F3NS/c1-17-11-5-4-9(12(13,14)15)8-10(11)16-6-2-3-7-16/h2-8H,1H3. The molecule has 1 aromatic carbocycles. The first-order valence-electron chi connectivity index (χ1n) is 4.91. The minimum Gasteiger partial charge on any atom is -0.323 e. The third kappa shape index (κ3) is 2.49. The summed E-state index contributed by atoms with van der Waals surface area (Å²) >= 11 is 1.42. The van der Waals surface area contributed by atoms with Crippen LogP contribution in [0.15, 0.2) is 47.6 Å². The third-order valence-corrected chi connectivity index (χ3v) is 3.17. The molecular formula is C12H10F3NS. The number of halogens is 3. The Hall–Kier alpha value is -1.36. The Bertz CT molecular complexity index is 503. The molecule has 5 heteroatoms. The van der Waals surface area contributed by atoms with Gasteiger partial charge in [0.25, 0.3) is 0 Å². The molecule has 0 atom stereocenters. The largest absolute Gasteiger partial charge is 0.416 e. The van der Waals surface area contributed by atoms with Crippen LogP contribution in [0.2, 0.25) is 0 Å². The Balaban J connectivity index is 2.55. The molecule has 0 amide bonds. The molecule has 2 rings (SSSR count). The van der Waals surface area contributed by atoms with Crippen LogP contribution in [0.5, 0.6) is 0 Å². The molecule has 0 unspecified atom stereocenters. The van der Waals surface area contributed by atoms with Gasteiger partial charge >= 0.3 is 6.18 Å². The number of hydrogen-bond donors (Lipinski definition) is 0. The van der Waals surface area contributed by atoms with Gasteiger partial charge in [0.1, 0.15) is 0 Å². The van der Waals surface area contributed by atoms with E-state index in [1.54, 1.807) is 29.1 Å². The highest BCUT2D eigenvalue weighted by Crippen LogP contribution is 2.34. The monoisotopic (exact) mass is 257 g/mol. The second-order valence-corrected chi connectivity index (χ2v) is 4.32. The summed E-state index contributed by atoms with van der Waals surface area (Å²) in [4.78, 5) is 0.814. The molecule has 0 saturated heterocycles. The predicted molar refractivity (Wildman–Crippen MR) is 62.6 cm³/mol. The maximum absolute atomic E-state index is 12.6. The molecule has 0 N–H and O–H groups in total. The fraction of sp³-hybridized carbons (Fsp3) is 0.167. The lowest BCUT2D eigenvalue weighted by Crippen LogP contribution is -2.06. The Morgan fingerprint density at radius 3 is 2.29 bits per heavy atom. The van der Waals surface area contributed by atoms with E-state index in [4.69, 9.17) is 0 Å². The molecule has 2 aromatic rings. The fourth-order valence-corrected chi connectivity index (χ4v) is 2.14. The van der Waals surface area contributed by atoms with E-state index in [9.17, 15) is 13.2 Å². The Labute approximate surface area is 101 Å². The van der Waals surface area contributed by atoms with Crippen molar-refractivity contribution in [2.45, 2.75) is 11.1 Å². The van der Waals surface area contributed by atoms with Gasteiger partial charge < -0.3 is 4.57 Å². The molecule has 17 heavy (non-hydrogen) atoms. The first kappa shape index (κ1) is 12.1. The number of rotatable bonds is 2. The van der Waals surface area contributed by atoms with Crippen LogP contribution in [-0.2, 0) is 6.18 Å². The number of nitrogens with zero attached hydrogens (tertiary/aromatic N) is 1. The number of aromatic nitrogens is 1. The molecule has 0 radical (unpaired) electrons. The molecule has 0 aliphatic carbocycles. The summed E-state index contributed by atoms with van der Waals surface area (Å²) < 4.78 is 39.6. The summed E-state index contributed by atoms with van der Waals surface area (Å²) in [5.74, 6) is 0. The van der Waals surface area contributed by atoms with Crippen LogP contribution in [-0.4, -0.2) is 10.8 Å². The van der Waals surface area contributed by atoms with Crippen molar-refractivity contribution in [2.24, 2.45) is 0 Å². The number of thioether (sulfide) groups is 1. The highest BCUT2D eigenvalue weighted by atomic mass is 32.2. The quantitative estimate of drug-likeness (QED) is 0.729. The molecule has 1 heterocycles. The van der Waals surface area contributed by atoms with E-state index in [-0.39, 0.29) is 0 Å². The van der Waals surface area contributed by atoms with Crippen LogP contribution in [0.25, 0.3) is 5.69 Å². The zero-order valence-electron chi connectivity index (χ0n) is 9.03. The van der Waals surface area contributed by atoms with E-state index < -0.39 is 11.7 Å². The van der Waals surface area contributed by atoms with Crippen LogP contribution in [0, 0.1) is 0 Å². The van der Waals surface area contributed by atoms with Crippen molar-refractivity contribution in [1.29, 1.82) is 0 Å². The lowest BCUT2D eigenvalue weighted by Gasteiger charge is -2.13. The fourth-order valence-electron chi connectivity index (χ4n) is 1.56. The number of alkyl halides is 3. The van der Waals surface area contributed by atoms with Crippen molar-refractivity contribution >= 4 is 11.8 Å². The predicted octanol–water partition coefficient (Wildman–Crippen LogP) is 4.22. The number of benzene rings is 1. The van der Waals surface area contributed by atoms with Gasteiger partial charge in [-0.1, -0.05) is 0 Å². The van der Waals surface area contributed by atoms with Crippen LogP contribution >= 0.6 is 11.8 Å². The summed E-state index contributed by atoms with van der Waals surface area (Å²) in [6, 6.07) is 7.35. The van der Waals surface area contributed by atoms with Gasteiger partial charge in [-0.25, -0.2) is 0 Å². The minimum atomic E-state index is -4.31. The maximum Gasteiger partial charge on any atom is 0.416 e. The molecule has 1 aromatic heterocycles. The van der Waals surface area contributed by atoms with Gasteiger partial charge in [-0.05, 0) is 36.6 Å². The van der Waals surface area contributed by atoms with Gasteiger partial charge in [-0.15, -0.1) is 11.8 Å². The Kier molecular flexibility index (Phi) is 3.19. The second kappa shape index (κ2) is 4.49. The highest BCUT2D eigenvalue weighted by molar-refractivity contribution is 7.98. The summed E-state index contributed by atoms with van der Waals surface area (Å²) in [7, 11) is 0. The van der Waals surface area contributed by atoms with Gasteiger partial charge in [0.05, 0.1) is 11.3 Å². The van der Waals surface area contributed by atoms with E-state index in [0.29, 0.717) is 5.69 Å². The molecule has 0 spiro atoms. The Morgan fingerprint density at radius 2 is 1.76 bits per heavy atom. The van der Waals surface area contributed by atoms with Gasteiger partial charge in [0.15, 0.2) is 0 Å². The molecule has 0 aliphatic heterocycles. The molecule has 0 fully saturated rings. The van der Waals surface area contributed by atoms with Crippen LogP contribution in [0.1, 0.15) is 5.56 Å². The summed E-state index contributed by atoms with van der Waals surface area (Å²) in [5, 5.41) is 0. The van der Waals surface area contributed by atoms with Crippen molar-refractivity contribution in [3.05, 3.63) is 48.3 Å². The zero-order valence-corrected chi connectivity index (χ0v) is 9.85. The van der Waals surface area contributed by atoms with Crippen LogP contribution in [0.4, 0.5) is 13.2 Å². The first-order chi connectivity index (χ1) is 8.02. The van der Waals surface area contributed by atoms with Crippen molar-refractivity contribution in [1.82, 2.24) is 4.57 Å². The lowest BCUT2D eigenvalue weighted by atomic mass is 10.2. The maximum atomic E-state index is 12.6. The molecule has 1 nitrogen and oxygen atoms in total. The third-order valence-electron chi connectivity index (χ3n) is 2.39. The second-order valence-electron chi connectivity index (χ2n) is 3.47. The number of hydrogen-bond acceptors (Lipinski definition) is 1. The van der Waals surface area contributed by atoms with E-state index in [0.717, 1.165) is 11.0 Å². The summed E-state index contributed by atoms with van der Waals surface area (Å²) in [5.41, 5.74) is -0.0728.